The second-order valence-corrected chi connectivity index (χ2v) is 7.14. The van der Waals surface area contributed by atoms with E-state index in [0.29, 0.717) is 18.9 Å². The molecule has 2 aromatic heterocycles. The number of pyridine rings is 1. The quantitative estimate of drug-likeness (QED) is 0.824. The van der Waals surface area contributed by atoms with Crippen LogP contribution in [0.5, 0.6) is 0 Å². The van der Waals surface area contributed by atoms with Gasteiger partial charge in [-0.1, -0.05) is 6.07 Å². The molecule has 2 fully saturated rings. The monoisotopic (exact) mass is 328 g/mol. The van der Waals surface area contributed by atoms with E-state index >= 15 is 0 Å². The van der Waals surface area contributed by atoms with E-state index in [0.717, 1.165) is 43.1 Å². The van der Waals surface area contributed by atoms with Crippen molar-refractivity contribution in [2.75, 3.05) is 39.9 Å². The first-order valence-electron chi connectivity index (χ1n) is 8.59. The van der Waals surface area contributed by atoms with Gasteiger partial charge in [0.05, 0.1) is 31.4 Å². The van der Waals surface area contributed by atoms with Crippen LogP contribution in [0.25, 0.3) is 5.65 Å². The lowest BCUT2D eigenvalue weighted by Gasteiger charge is -2.29. The number of amides is 1. The minimum atomic E-state index is 0.149. The summed E-state index contributed by atoms with van der Waals surface area (Å²) >= 11 is 0. The smallest absolute Gasteiger partial charge is 0.228 e. The lowest BCUT2D eigenvalue weighted by molar-refractivity contribution is -0.133. The average molecular weight is 328 g/mol. The van der Waals surface area contributed by atoms with Crippen LogP contribution in [0.4, 0.5) is 0 Å². The first-order valence-corrected chi connectivity index (χ1v) is 8.59. The van der Waals surface area contributed by atoms with Crippen LogP contribution in [0.2, 0.25) is 0 Å². The van der Waals surface area contributed by atoms with Crippen molar-refractivity contribution < 1.29 is 9.53 Å². The van der Waals surface area contributed by atoms with Gasteiger partial charge in [0, 0.05) is 37.9 Å². The second kappa shape index (κ2) is 6.18. The minimum Gasteiger partial charge on any atom is -0.379 e. The van der Waals surface area contributed by atoms with Crippen molar-refractivity contribution in [2.24, 2.45) is 5.92 Å². The number of carbonyl (C=O) groups is 1. The van der Waals surface area contributed by atoms with Crippen molar-refractivity contribution in [3.8, 4) is 0 Å². The van der Waals surface area contributed by atoms with Crippen LogP contribution < -0.4 is 0 Å². The zero-order valence-electron chi connectivity index (χ0n) is 14.3. The van der Waals surface area contributed by atoms with Gasteiger partial charge in [0.1, 0.15) is 5.65 Å². The summed E-state index contributed by atoms with van der Waals surface area (Å²) in [6, 6.07) is 4.19. The molecule has 2 aliphatic heterocycles. The molecule has 0 radical (unpaired) electrons. The molecule has 0 aromatic carbocycles. The molecule has 1 amide bonds. The van der Waals surface area contributed by atoms with Crippen molar-refractivity contribution >= 4 is 11.6 Å². The molecule has 0 N–H and O–H groups in total. The molecule has 6 heteroatoms. The van der Waals surface area contributed by atoms with Crippen molar-refractivity contribution in [1.82, 2.24) is 19.2 Å². The zero-order valence-corrected chi connectivity index (χ0v) is 14.3. The largest absolute Gasteiger partial charge is 0.379 e. The molecule has 6 nitrogen and oxygen atoms in total. The van der Waals surface area contributed by atoms with Crippen LogP contribution in [0, 0.1) is 12.8 Å². The van der Waals surface area contributed by atoms with E-state index in [1.807, 2.05) is 40.8 Å². The Morgan fingerprint density at radius 3 is 3.08 bits per heavy atom. The summed E-state index contributed by atoms with van der Waals surface area (Å²) in [5.41, 5.74) is 3.00. The van der Waals surface area contributed by atoms with Gasteiger partial charge in [-0.2, -0.15) is 0 Å². The summed E-state index contributed by atoms with van der Waals surface area (Å²) in [6.45, 7) is 6.10. The molecule has 2 atom stereocenters. The summed E-state index contributed by atoms with van der Waals surface area (Å²) in [5, 5.41) is 0. The molecule has 128 valence electrons. The van der Waals surface area contributed by atoms with Crippen molar-refractivity contribution in [2.45, 2.75) is 19.4 Å². The highest BCUT2D eigenvalue weighted by Gasteiger charge is 2.34. The molecule has 2 saturated heterocycles. The van der Waals surface area contributed by atoms with E-state index in [1.165, 1.54) is 0 Å². The predicted octanol–water partition coefficient (Wildman–Crippen LogP) is 0.974. The average Bonchev–Trinajstić information content (AvgIpc) is 2.73. The van der Waals surface area contributed by atoms with Gasteiger partial charge < -0.3 is 18.9 Å². The maximum absolute atomic E-state index is 13.0. The standard InChI is InChI=1S/C18H24N4O2/c1-13-4-3-5-21-15(7-19-18(13)21)6-17(23)22-9-14-8-20(2)10-16(22)12-24-11-14/h3-5,7,14,16H,6,8-12H2,1-2H3/t14-,16-/m0/s1. The lowest BCUT2D eigenvalue weighted by Crippen LogP contribution is -2.46. The molecule has 4 heterocycles. The molecule has 0 spiro atoms. The van der Waals surface area contributed by atoms with Gasteiger partial charge in [-0.05, 0) is 25.6 Å². The number of aromatic nitrogens is 2. The first kappa shape index (κ1) is 15.6. The van der Waals surface area contributed by atoms with E-state index in [-0.39, 0.29) is 11.9 Å². The molecule has 2 bridgehead atoms. The molecule has 0 saturated carbocycles. The van der Waals surface area contributed by atoms with Crippen LogP contribution in [0.15, 0.2) is 24.5 Å². The number of imidazole rings is 1. The number of fused-ring (bicyclic) bond motifs is 4. The Kier molecular flexibility index (Phi) is 4.02. The third kappa shape index (κ3) is 2.80. The molecular weight excluding hydrogens is 304 g/mol. The minimum absolute atomic E-state index is 0.149. The SMILES string of the molecule is Cc1cccn2c(CC(=O)N3C[C@H]4COC[C@@H]3CN(C)C4)cnc12. The molecule has 2 aromatic rings. The molecule has 4 rings (SSSR count). The molecule has 0 aliphatic carbocycles. The van der Waals surface area contributed by atoms with Crippen LogP contribution >= 0.6 is 0 Å². The number of hydrogen-bond donors (Lipinski definition) is 0. The van der Waals surface area contributed by atoms with Gasteiger partial charge in [0.25, 0.3) is 0 Å². The summed E-state index contributed by atoms with van der Waals surface area (Å²) in [6.07, 6.45) is 4.19. The number of nitrogens with zero attached hydrogens (tertiary/aromatic N) is 4. The van der Waals surface area contributed by atoms with Crippen molar-refractivity contribution in [3.05, 3.63) is 35.8 Å². The number of aryl methyl sites for hydroxylation is 1. The van der Waals surface area contributed by atoms with Crippen LogP contribution in [-0.2, 0) is 16.0 Å². The van der Waals surface area contributed by atoms with Crippen LogP contribution in [0.3, 0.4) is 0 Å². The Balaban J connectivity index is 1.58. The summed E-state index contributed by atoms with van der Waals surface area (Å²) in [5.74, 6) is 0.574. The first-order chi connectivity index (χ1) is 11.6. The third-order valence-corrected chi connectivity index (χ3v) is 5.11. The topological polar surface area (TPSA) is 50.1 Å². The maximum atomic E-state index is 13.0. The molecular formula is C18H24N4O2. The zero-order chi connectivity index (χ0) is 16.7. The Hall–Kier alpha value is -1.92. The number of hydrogen-bond acceptors (Lipinski definition) is 4. The Morgan fingerprint density at radius 2 is 2.21 bits per heavy atom. The van der Waals surface area contributed by atoms with E-state index < -0.39 is 0 Å². The van der Waals surface area contributed by atoms with Gasteiger partial charge in [-0.3, -0.25) is 4.79 Å². The fraction of sp³-hybridized carbons (Fsp3) is 0.556. The van der Waals surface area contributed by atoms with E-state index in [4.69, 9.17) is 4.74 Å². The fourth-order valence-corrected chi connectivity index (χ4v) is 3.97. The van der Waals surface area contributed by atoms with Gasteiger partial charge in [0.15, 0.2) is 0 Å². The highest BCUT2D eigenvalue weighted by atomic mass is 16.5. The number of rotatable bonds is 2. The highest BCUT2D eigenvalue weighted by molar-refractivity contribution is 5.79. The number of likely N-dealkylation sites (N-methyl/N-ethyl adjacent to an activating group) is 1. The van der Waals surface area contributed by atoms with Crippen molar-refractivity contribution in [3.63, 3.8) is 0 Å². The van der Waals surface area contributed by atoms with Gasteiger partial charge in [-0.25, -0.2) is 4.98 Å². The van der Waals surface area contributed by atoms with E-state index in [2.05, 4.69) is 16.9 Å². The van der Waals surface area contributed by atoms with E-state index in [1.54, 1.807) is 0 Å². The van der Waals surface area contributed by atoms with Gasteiger partial charge in [-0.15, -0.1) is 0 Å². The van der Waals surface area contributed by atoms with E-state index in [9.17, 15) is 4.79 Å². The maximum Gasteiger partial charge on any atom is 0.228 e. The molecule has 24 heavy (non-hydrogen) atoms. The Morgan fingerprint density at radius 1 is 1.33 bits per heavy atom. The second-order valence-electron chi connectivity index (χ2n) is 7.14. The fourth-order valence-electron chi connectivity index (χ4n) is 3.97. The number of carbonyl (C=O) groups excluding carboxylic acids is 1. The van der Waals surface area contributed by atoms with Crippen LogP contribution in [0.1, 0.15) is 11.3 Å². The lowest BCUT2D eigenvalue weighted by atomic mass is 10.1. The summed E-state index contributed by atoms with van der Waals surface area (Å²) in [4.78, 5) is 21.8. The molecule has 0 unspecified atom stereocenters. The van der Waals surface area contributed by atoms with Gasteiger partial charge >= 0.3 is 0 Å². The Labute approximate surface area is 142 Å². The van der Waals surface area contributed by atoms with Crippen molar-refractivity contribution in [1.29, 1.82) is 0 Å². The predicted molar refractivity (Wildman–Crippen MR) is 90.9 cm³/mol. The summed E-state index contributed by atoms with van der Waals surface area (Å²) in [7, 11) is 2.13. The molecule has 2 aliphatic rings. The Bertz CT molecular complexity index is 757. The highest BCUT2D eigenvalue weighted by Crippen LogP contribution is 2.20. The third-order valence-electron chi connectivity index (χ3n) is 5.11. The van der Waals surface area contributed by atoms with Crippen LogP contribution in [-0.4, -0.2) is 71.0 Å². The summed E-state index contributed by atoms with van der Waals surface area (Å²) < 4.78 is 7.80. The van der Waals surface area contributed by atoms with Gasteiger partial charge in [0.2, 0.25) is 5.91 Å². The normalized spacial score (nSPS) is 25.0. The number of ether oxygens (including phenoxy) is 1.